The van der Waals surface area contributed by atoms with E-state index in [2.05, 4.69) is 34.0 Å². The number of nitrogens with zero attached hydrogens (tertiary/aromatic N) is 5. The lowest BCUT2D eigenvalue weighted by molar-refractivity contribution is 0.0890. The molecule has 4 rings (SSSR count). The van der Waals surface area contributed by atoms with Gasteiger partial charge in [-0.15, -0.1) is 0 Å². The van der Waals surface area contributed by atoms with Gasteiger partial charge in [0.15, 0.2) is 0 Å². The standard InChI is InChI=1S/C18H27N5O/c1-3-23-10-17-16(13-24-12-14-4-5-14)9-22(11-18(17)20-23)8-15-6-19-21(2)7-15/h6-7,10,14,16H,3-5,8-9,11-13H2,1-2H3. The highest BCUT2D eigenvalue weighted by Gasteiger charge is 2.29. The summed E-state index contributed by atoms with van der Waals surface area (Å²) in [7, 11) is 1.97. The Kier molecular flexibility index (Phi) is 4.41. The zero-order valence-electron chi connectivity index (χ0n) is 14.7. The first-order valence-corrected chi connectivity index (χ1v) is 9.05. The molecule has 1 aliphatic carbocycles. The summed E-state index contributed by atoms with van der Waals surface area (Å²) >= 11 is 0. The number of hydrogen-bond donors (Lipinski definition) is 0. The molecule has 0 saturated heterocycles. The van der Waals surface area contributed by atoms with Crippen LogP contribution in [0, 0.1) is 5.92 Å². The van der Waals surface area contributed by atoms with E-state index in [1.54, 1.807) is 0 Å². The van der Waals surface area contributed by atoms with Crippen LogP contribution in [0.1, 0.15) is 42.5 Å². The third kappa shape index (κ3) is 3.54. The second-order valence-electron chi connectivity index (χ2n) is 7.26. The van der Waals surface area contributed by atoms with Crippen LogP contribution in [0.4, 0.5) is 0 Å². The molecule has 1 atom stereocenters. The molecule has 0 aromatic carbocycles. The molecule has 3 heterocycles. The molecule has 1 aliphatic heterocycles. The van der Waals surface area contributed by atoms with Crippen LogP contribution < -0.4 is 0 Å². The van der Waals surface area contributed by atoms with E-state index in [0.717, 1.165) is 45.3 Å². The fraction of sp³-hybridized carbons (Fsp3) is 0.667. The van der Waals surface area contributed by atoms with Crippen LogP contribution in [0.3, 0.4) is 0 Å². The van der Waals surface area contributed by atoms with Crippen LogP contribution in [-0.4, -0.2) is 44.2 Å². The van der Waals surface area contributed by atoms with Crippen LogP contribution in [0.25, 0.3) is 0 Å². The molecule has 0 spiro atoms. The Morgan fingerprint density at radius 1 is 1.25 bits per heavy atom. The van der Waals surface area contributed by atoms with Crippen LogP contribution in [0.5, 0.6) is 0 Å². The molecule has 6 heteroatoms. The molecule has 24 heavy (non-hydrogen) atoms. The van der Waals surface area contributed by atoms with Crippen LogP contribution in [0.15, 0.2) is 18.6 Å². The van der Waals surface area contributed by atoms with Crippen molar-refractivity contribution in [1.82, 2.24) is 24.5 Å². The van der Waals surface area contributed by atoms with Crippen LogP contribution >= 0.6 is 0 Å². The van der Waals surface area contributed by atoms with E-state index in [1.165, 1.54) is 29.7 Å². The third-order valence-electron chi connectivity index (χ3n) is 5.02. The van der Waals surface area contributed by atoms with Crippen LogP contribution in [0.2, 0.25) is 0 Å². The lowest BCUT2D eigenvalue weighted by atomic mass is 9.95. The molecular weight excluding hydrogens is 302 g/mol. The minimum Gasteiger partial charge on any atom is -0.380 e. The van der Waals surface area contributed by atoms with Gasteiger partial charge in [-0.25, -0.2) is 0 Å². The van der Waals surface area contributed by atoms with Crippen molar-refractivity contribution in [3.8, 4) is 0 Å². The van der Waals surface area contributed by atoms with Crippen molar-refractivity contribution in [3.05, 3.63) is 35.4 Å². The van der Waals surface area contributed by atoms with Gasteiger partial charge in [0, 0.05) is 69.3 Å². The smallest absolute Gasteiger partial charge is 0.0801 e. The van der Waals surface area contributed by atoms with Gasteiger partial charge in [0.1, 0.15) is 0 Å². The van der Waals surface area contributed by atoms with E-state index in [-0.39, 0.29) is 0 Å². The molecule has 1 fully saturated rings. The lowest BCUT2D eigenvalue weighted by Gasteiger charge is -2.31. The summed E-state index contributed by atoms with van der Waals surface area (Å²) in [5.74, 6) is 1.24. The number of ether oxygens (including phenoxy) is 1. The van der Waals surface area contributed by atoms with E-state index >= 15 is 0 Å². The maximum Gasteiger partial charge on any atom is 0.0801 e. The zero-order valence-corrected chi connectivity index (χ0v) is 14.7. The molecule has 1 saturated carbocycles. The molecule has 2 aliphatic rings. The number of aryl methyl sites for hydroxylation is 2. The highest BCUT2D eigenvalue weighted by molar-refractivity contribution is 5.26. The highest BCUT2D eigenvalue weighted by Crippen LogP contribution is 2.31. The number of aromatic nitrogens is 4. The maximum absolute atomic E-state index is 6.02. The summed E-state index contributed by atoms with van der Waals surface area (Å²) in [6.45, 7) is 7.66. The summed E-state index contributed by atoms with van der Waals surface area (Å²) in [6.07, 6.45) is 8.97. The minimum atomic E-state index is 0.421. The number of rotatable bonds is 7. The Morgan fingerprint density at radius 3 is 2.83 bits per heavy atom. The summed E-state index contributed by atoms with van der Waals surface area (Å²) in [5, 5.41) is 9.06. The van der Waals surface area contributed by atoms with Crippen molar-refractivity contribution in [1.29, 1.82) is 0 Å². The largest absolute Gasteiger partial charge is 0.380 e. The number of hydrogen-bond acceptors (Lipinski definition) is 4. The van der Waals surface area contributed by atoms with Gasteiger partial charge in [-0.2, -0.15) is 10.2 Å². The topological polar surface area (TPSA) is 48.1 Å². The molecule has 0 bridgehead atoms. The highest BCUT2D eigenvalue weighted by atomic mass is 16.5. The van der Waals surface area contributed by atoms with Gasteiger partial charge in [-0.1, -0.05) is 0 Å². The number of fused-ring (bicyclic) bond motifs is 1. The first kappa shape index (κ1) is 15.8. The Balaban J connectivity index is 1.46. The van der Waals surface area contributed by atoms with Crippen molar-refractivity contribution in [2.45, 2.75) is 45.3 Å². The molecule has 1 unspecified atom stereocenters. The van der Waals surface area contributed by atoms with Crippen molar-refractivity contribution in [3.63, 3.8) is 0 Å². The molecule has 0 N–H and O–H groups in total. The summed E-state index contributed by atoms with van der Waals surface area (Å²) in [4.78, 5) is 2.47. The van der Waals surface area contributed by atoms with E-state index in [4.69, 9.17) is 9.84 Å². The molecule has 2 aromatic rings. The molecule has 0 amide bonds. The summed E-state index contributed by atoms with van der Waals surface area (Å²) in [5.41, 5.74) is 3.86. The predicted molar refractivity (Wildman–Crippen MR) is 91.5 cm³/mol. The van der Waals surface area contributed by atoms with E-state index < -0.39 is 0 Å². The van der Waals surface area contributed by atoms with Gasteiger partial charge >= 0.3 is 0 Å². The Labute approximate surface area is 143 Å². The summed E-state index contributed by atoms with van der Waals surface area (Å²) < 4.78 is 9.95. The second-order valence-corrected chi connectivity index (χ2v) is 7.26. The molecule has 6 nitrogen and oxygen atoms in total. The van der Waals surface area contributed by atoms with Gasteiger partial charge in [-0.05, 0) is 25.7 Å². The summed E-state index contributed by atoms with van der Waals surface area (Å²) in [6, 6.07) is 0. The second kappa shape index (κ2) is 6.69. The van der Waals surface area contributed by atoms with E-state index in [9.17, 15) is 0 Å². The Morgan fingerprint density at radius 2 is 2.12 bits per heavy atom. The average molecular weight is 329 g/mol. The molecule has 130 valence electrons. The van der Waals surface area contributed by atoms with Crippen molar-refractivity contribution in [2.24, 2.45) is 13.0 Å². The average Bonchev–Trinajstić information content (AvgIpc) is 3.15. The van der Waals surface area contributed by atoms with Gasteiger partial charge in [0.05, 0.1) is 18.5 Å². The molecule has 2 aromatic heterocycles. The quantitative estimate of drug-likeness (QED) is 0.781. The van der Waals surface area contributed by atoms with Crippen molar-refractivity contribution < 1.29 is 4.74 Å². The Hall–Kier alpha value is -1.66. The van der Waals surface area contributed by atoms with Crippen molar-refractivity contribution >= 4 is 0 Å². The monoisotopic (exact) mass is 329 g/mol. The van der Waals surface area contributed by atoms with Gasteiger partial charge in [0.25, 0.3) is 0 Å². The van der Waals surface area contributed by atoms with E-state index in [0.29, 0.717) is 5.92 Å². The zero-order chi connectivity index (χ0) is 16.5. The molecule has 0 radical (unpaired) electrons. The van der Waals surface area contributed by atoms with Crippen LogP contribution in [-0.2, 0) is 31.4 Å². The normalized spacial score (nSPS) is 21.2. The fourth-order valence-electron chi connectivity index (χ4n) is 3.53. The predicted octanol–water partition coefficient (Wildman–Crippen LogP) is 2.16. The fourth-order valence-corrected chi connectivity index (χ4v) is 3.53. The van der Waals surface area contributed by atoms with Gasteiger partial charge in [0.2, 0.25) is 0 Å². The van der Waals surface area contributed by atoms with E-state index in [1.807, 2.05) is 17.9 Å². The van der Waals surface area contributed by atoms with Crippen molar-refractivity contribution in [2.75, 3.05) is 19.8 Å². The third-order valence-corrected chi connectivity index (χ3v) is 5.02. The lowest BCUT2D eigenvalue weighted by Crippen LogP contribution is -2.34. The van der Waals surface area contributed by atoms with Gasteiger partial charge in [-0.3, -0.25) is 14.3 Å². The minimum absolute atomic E-state index is 0.421. The van der Waals surface area contributed by atoms with Gasteiger partial charge < -0.3 is 4.74 Å². The maximum atomic E-state index is 6.02. The first-order chi connectivity index (χ1) is 11.7. The molecular formula is C18H27N5O. The first-order valence-electron chi connectivity index (χ1n) is 9.05. The SMILES string of the molecule is CCn1cc2c(n1)CN(Cc1cnn(C)c1)CC2COCC1CC1. The Bertz CT molecular complexity index is 687.